The van der Waals surface area contributed by atoms with Gasteiger partial charge in [0.25, 0.3) is 0 Å². The normalized spacial score (nSPS) is 11.0. The fourth-order valence-corrected chi connectivity index (χ4v) is 3.05. The molecule has 0 aliphatic rings. The minimum atomic E-state index is -0.0901. The first-order valence-corrected chi connectivity index (χ1v) is 8.02. The molecule has 0 spiro atoms. The average molecular weight is 336 g/mol. The second-order valence-electron chi connectivity index (χ2n) is 5.66. The van der Waals surface area contributed by atoms with E-state index in [1.165, 1.54) is 0 Å². The second-order valence-corrected chi connectivity index (χ2v) is 6.10. The summed E-state index contributed by atoms with van der Waals surface area (Å²) in [6.07, 6.45) is 0.277. The van der Waals surface area contributed by atoms with Crippen LogP contribution in [0.2, 0.25) is 5.02 Å². The maximum absolute atomic E-state index is 12.2. The van der Waals surface area contributed by atoms with E-state index in [0.29, 0.717) is 10.7 Å². The second kappa shape index (κ2) is 6.02. The highest BCUT2D eigenvalue weighted by atomic mass is 35.5. The summed E-state index contributed by atoms with van der Waals surface area (Å²) >= 11 is 5.95. The van der Waals surface area contributed by atoms with Gasteiger partial charge in [-0.3, -0.25) is 4.79 Å². The van der Waals surface area contributed by atoms with Crippen molar-refractivity contribution in [3.63, 3.8) is 0 Å². The minimum Gasteiger partial charge on any atom is -0.456 e. The van der Waals surface area contributed by atoms with Gasteiger partial charge in [-0.05, 0) is 35.9 Å². The zero-order chi connectivity index (χ0) is 16.5. The Bertz CT molecular complexity index is 1050. The molecule has 3 nitrogen and oxygen atoms in total. The van der Waals surface area contributed by atoms with Crippen molar-refractivity contribution in [2.75, 3.05) is 5.32 Å². The summed E-state index contributed by atoms with van der Waals surface area (Å²) in [6, 6.07) is 20.9. The predicted molar refractivity (Wildman–Crippen MR) is 97.5 cm³/mol. The number of halogens is 1. The third-order valence-electron chi connectivity index (χ3n) is 3.92. The molecule has 0 saturated carbocycles. The van der Waals surface area contributed by atoms with Crippen molar-refractivity contribution in [1.82, 2.24) is 0 Å². The van der Waals surface area contributed by atoms with Crippen molar-refractivity contribution in [2.24, 2.45) is 0 Å². The van der Waals surface area contributed by atoms with Gasteiger partial charge < -0.3 is 9.73 Å². The van der Waals surface area contributed by atoms with Crippen molar-refractivity contribution in [3.05, 3.63) is 77.3 Å². The summed E-state index contributed by atoms with van der Waals surface area (Å²) in [5.74, 6) is -0.0901. The highest BCUT2D eigenvalue weighted by Gasteiger charge is 2.09. The van der Waals surface area contributed by atoms with E-state index in [1.807, 2.05) is 54.6 Å². The Labute approximate surface area is 143 Å². The number of benzene rings is 3. The molecule has 0 bridgehead atoms. The fraction of sp³-hybridized carbons (Fsp3) is 0.0500. The van der Waals surface area contributed by atoms with Crippen LogP contribution in [0.4, 0.5) is 5.69 Å². The van der Waals surface area contributed by atoms with Crippen LogP contribution in [-0.2, 0) is 11.2 Å². The Morgan fingerprint density at radius 1 is 0.917 bits per heavy atom. The molecule has 3 aromatic carbocycles. The van der Waals surface area contributed by atoms with E-state index in [1.54, 1.807) is 12.1 Å². The van der Waals surface area contributed by atoms with Crippen molar-refractivity contribution in [3.8, 4) is 0 Å². The van der Waals surface area contributed by atoms with E-state index in [0.717, 1.165) is 27.5 Å². The van der Waals surface area contributed by atoms with Gasteiger partial charge in [-0.1, -0.05) is 41.9 Å². The van der Waals surface area contributed by atoms with Gasteiger partial charge in [-0.2, -0.15) is 0 Å². The number of anilines is 1. The molecule has 0 saturated heterocycles. The number of rotatable bonds is 3. The first-order chi connectivity index (χ1) is 11.7. The van der Waals surface area contributed by atoms with Crippen molar-refractivity contribution < 1.29 is 9.21 Å². The van der Waals surface area contributed by atoms with Gasteiger partial charge in [0.2, 0.25) is 5.91 Å². The monoisotopic (exact) mass is 335 g/mol. The van der Waals surface area contributed by atoms with Crippen LogP contribution in [0, 0.1) is 0 Å². The van der Waals surface area contributed by atoms with E-state index in [4.69, 9.17) is 16.0 Å². The molecule has 1 amide bonds. The lowest BCUT2D eigenvalue weighted by molar-refractivity contribution is -0.115. The standard InChI is InChI=1S/C20H14ClNO2/c21-14-5-3-4-13(10-14)11-20(23)22-15-8-9-17-16-6-1-2-7-18(16)24-19(17)12-15/h1-10,12H,11H2,(H,22,23). The number of amides is 1. The molecule has 0 atom stereocenters. The highest BCUT2D eigenvalue weighted by Crippen LogP contribution is 2.30. The summed E-state index contributed by atoms with van der Waals surface area (Å²) in [5.41, 5.74) is 3.20. The number of fused-ring (bicyclic) bond motifs is 3. The summed E-state index contributed by atoms with van der Waals surface area (Å²) in [4.78, 5) is 12.2. The van der Waals surface area contributed by atoms with Gasteiger partial charge in [0.1, 0.15) is 11.2 Å². The molecule has 0 unspecified atom stereocenters. The first-order valence-electron chi connectivity index (χ1n) is 7.65. The van der Waals surface area contributed by atoms with Crippen LogP contribution in [0.25, 0.3) is 21.9 Å². The number of para-hydroxylation sites is 1. The molecule has 0 fully saturated rings. The lowest BCUT2D eigenvalue weighted by Crippen LogP contribution is -2.14. The molecular weight excluding hydrogens is 322 g/mol. The van der Waals surface area contributed by atoms with Gasteiger partial charge in [-0.25, -0.2) is 0 Å². The van der Waals surface area contributed by atoms with Gasteiger partial charge >= 0.3 is 0 Å². The zero-order valence-electron chi connectivity index (χ0n) is 12.8. The quantitative estimate of drug-likeness (QED) is 0.543. The average Bonchev–Trinajstić information content (AvgIpc) is 2.92. The first kappa shape index (κ1) is 14.8. The van der Waals surface area contributed by atoms with Crippen LogP contribution in [0.3, 0.4) is 0 Å². The topological polar surface area (TPSA) is 42.2 Å². The highest BCUT2D eigenvalue weighted by molar-refractivity contribution is 6.30. The van der Waals surface area contributed by atoms with Crippen LogP contribution < -0.4 is 5.32 Å². The molecule has 24 heavy (non-hydrogen) atoms. The number of carbonyl (C=O) groups excluding carboxylic acids is 1. The summed E-state index contributed by atoms with van der Waals surface area (Å²) in [7, 11) is 0. The Morgan fingerprint density at radius 3 is 2.62 bits per heavy atom. The van der Waals surface area contributed by atoms with Crippen molar-refractivity contribution in [2.45, 2.75) is 6.42 Å². The molecule has 1 aromatic heterocycles. The van der Waals surface area contributed by atoms with E-state index in [-0.39, 0.29) is 12.3 Å². The summed E-state index contributed by atoms with van der Waals surface area (Å²) < 4.78 is 5.84. The Kier molecular flexibility index (Phi) is 3.71. The summed E-state index contributed by atoms with van der Waals surface area (Å²) in [6.45, 7) is 0. The Hall–Kier alpha value is -2.78. The van der Waals surface area contributed by atoms with E-state index >= 15 is 0 Å². The van der Waals surface area contributed by atoms with Crippen LogP contribution in [0.1, 0.15) is 5.56 Å². The van der Waals surface area contributed by atoms with Crippen LogP contribution in [0.15, 0.2) is 71.1 Å². The number of furan rings is 1. The van der Waals surface area contributed by atoms with E-state index < -0.39 is 0 Å². The largest absolute Gasteiger partial charge is 0.456 e. The van der Waals surface area contributed by atoms with Gasteiger partial charge in [0.05, 0.1) is 6.42 Å². The van der Waals surface area contributed by atoms with E-state index in [2.05, 4.69) is 5.32 Å². The molecular formula is C20H14ClNO2. The molecule has 1 N–H and O–H groups in total. The third-order valence-corrected chi connectivity index (χ3v) is 4.15. The SMILES string of the molecule is O=C(Cc1cccc(Cl)c1)Nc1ccc2c(c1)oc1ccccc12. The van der Waals surface area contributed by atoms with Gasteiger partial charge in [0.15, 0.2) is 0 Å². The van der Waals surface area contributed by atoms with Crippen molar-refractivity contribution >= 4 is 45.1 Å². The molecule has 1 heterocycles. The van der Waals surface area contributed by atoms with Crippen LogP contribution in [0.5, 0.6) is 0 Å². The lowest BCUT2D eigenvalue weighted by atomic mass is 10.1. The molecule has 4 rings (SSSR count). The fourth-order valence-electron chi connectivity index (χ4n) is 2.84. The molecule has 4 heteroatoms. The Morgan fingerprint density at radius 2 is 1.75 bits per heavy atom. The number of hydrogen-bond acceptors (Lipinski definition) is 2. The molecule has 118 valence electrons. The summed E-state index contributed by atoms with van der Waals surface area (Å²) in [5, 5.41) is 5.65. The number of nitrogens with one attached hydrogen (secondary N) is 1. The smallest absolute Gasteiger partial charge is 0.228 e. The van der Waals surface area contributed by atoms with E-state index in [9.17, 15) is 4.79 Å². The molecule has 0 aliphatic carbocycles. The van der Waals surface area contributed by atoms with Crippen molar-refractivity contribution in [1.29, 1.82) is 0 Å². The van der Waals surface area contributed by atoms with Crippen LogP contribution >= 0.6 is 11.6 Å². The lowest BCUT2D eigenvalue weighted by Gasteiger charge is -2.05. The maximum Gasteiger partial charge on any atom is 0.228 e. The number of hydrogen-bond donors (Lipinski definition) is 1. The molecule has 0 aliphatic heterocycles. The predicted octanol–water partition coefficient (Wildman–Crippen LogP) is 5.42. The Balaban J connectivity index is 1.58. The zero-order valence-corrected chi connectivity index (χ0v) is 13.5. The van der Waals surface area contributed by atoms with Gasteiger partial charge in [-0.15, -0.1) is 0 Å². The van der Waals surface area contributed by atoms with Crippen LogP contribution in [-0.4, -0.2) is 5.91 Å². The van der Waals surface area contributed by atoms with Gasteiger partial charge in [0, 0.05) is 27.5 Å². The molecule has 0 radical (unpaired) electrons. The number of carbonyl (C=O) groups is 1. The molecule has 4 aromatic rings. The third kappa shape index (κ3) is 2.86. The maximum atomic E-state index is 12.2. The minimum absolute atomic E-state index is 0.0901.